The second kappa shape index (κ2) is 9.03. The van der Waals surface area contributed by atoms with Crippen LogP contribution < -0.4 is 19.5 Å². The molecule has 0 atom stereocenters. The van der Waals surface area contributed by atoms with Crippen LogP contribution >= 0.6 is 11.6 Å². The molecule has 0 saturated heterocycles. The zero-order valence-electron chi connectivity index (χ0n) is 13.7. The Morgan fingerprint density at radius 2 is 1.83 bits per heavy atom. The number of aryl methyl sites for hydroxylation is 1. The molecule has 0 bridgehead atoms. The number of ether oxygens (including phenoxy) is 3. The first-order valence-electron chi connectivity index (χ1n) is 7.51. The molecular formula is C18H20ClNO4. The minimum Gasteiger partial charge on any atom is -0.497 e. The Labute approximate surface area is 146 Å². The molecule has 0 radical (unpaired) electrons. The Kier molecular flexibility index (Phi) is 6.75. The SMILES string of the molecule is COc1cccc(OCC(=O)NCCOc2ccc(C)c(Cl)c2)c1. The number of carbonyl (C=O) groups is 1. The second-order valence-corrected chi connectivity index (χ2v) is 5.48. The van der Waals surface area contributed by atoms with Crippen molar-refractivity contribution in [1.29, 1.82) is 0 Å². The lowest BCUT2D eigenvalue weighted by atomic mass is 10.2. The fourth-order valence-corrected chi connectivity index (χ4v) is 2.08. The summed E-state index contributed by atoms with van der Waals surface area (Å²) in [7, 11) is 1.58. The van der Waals surface area contributed by atoms with Crippen LogP contribution in [0.5, 0.6) is 17.2 Å². The van der Waals surface area contributed by atoms with E-state index in [2.05, 4.69) is 5.32 Å². The fourth-order valence-electron chi connectivity index (χ4n) is 1.91. The molecule has 24 heavy (non-hydrogen) atoms. The van der Waals surface area contributed by atoms with Crippen molar-refractivity contribution in [3.63, 3.8) is 0 Å². The van der Waals surface area contributed by atoms with Gasteiger partial charge >= 0.3 is 0 Å². The summed E-state index contributed by atoms with van der Waals surface area (Å²) in [6.07, 6.45) is 0. The third-order valence-electron chi connectivity index (χ3n) is 3.25. The van der Waals surface area contributed by atoms with Crippen molar-refractivity contribution in [3.8, 4) is 17.2 Å². The first-order valence-corrected chi connectivity index (χ1v) is 7.89. The van der Waals surface area contributed by atoms with E-state index in [-0.39, 0.29) is 12.5 Å². The van der Waals surface area contributed by atoms with Crippen molar-refractivity contribution >= 4 is 17.5 Å². The van der Waals surface area contributed by atoms with Crippen LogP contribution in [0.1, 0.15) is 5.56 Å². The molecular weight excluding hydrogens is 330 g/mol. The van der Waals surface area contributed by atoms with E-state index in [1.54, 1.807) is 31.4 Å². The van der Waals surface area contributed by atoms with Crippen LogP contribution in [0.25, 0.3) is 0 Å². The number of halogens is 1. The second-order valence-electron chi connectivity index (χ2n) is 5.08. The van der Waals surface area contributed by atoms with Crippen LogP contribution in [0.15, 0.2) is 42.5 Å². The number of amides is 1. The summed E-state index contributed by atoms with van der Waals surface area (Å²) in [6.45, 7) is 2.59. The van der Waals surface area contributed by atoms with Gasteiger partial charge in [-0.2, -0.15) is 0 Å². The zero-order chi connectivity index (χ0) is 17.4. The Morgan fingerprint density at radius 1 is 1.08 bits per heavy atom. The van der Waals surface area contributed by atoms with E-state index < -0.39 is 0 Å². The normalized spacial score (nSPS) is 10.1. The molecule has 5 nitrogen and oxygen atoms in total. The van der Waals surface area contributed by atoms with Gasteiger partial charge in [0, 0.05) is 11.1 Å². The summed E-state index contributed by atoms with van der Waals surface area (Å²) in [5.74, 6) is 1.71. The van der Waals surface area contributed by atoms with E-state index in [0.29, 0.717) is 35.4 Å². The van der Waals surface area contributed by atoms with E-state index >= 15 is 0 Å². The number of methoxy groups -OCH3 is 1. The lowest BCUT2D eigenvalue weighted by Gasteiger charge is -2.10. The molecule has 2 rings (SSSR count). The molecule has 2 aromatic rings. The van der Waals surface area contributed by atoms with Gasteiger partial charge in [-0.3, -0.25) is 4.79 Å². The van der Waals surface area contributed by atoms with Crippen LogP contribution in [-0.2, 0) is 4.79 Å². The van der Waals surface area contributed by atoms with Crippen molar-refractivity contribution < 1.29 is 19.0 Å². The zero-order valence-corrected chi connectivity index (χ0v) is 14.4. The third-order valence-corrected chi connectivity index (χ3v) is 3.65. The van der Waals surface area contributed by atoms with Gasteiger partial charge in [-0.15, -0.1) is 0 Å². The van der Waals surface area contributed by atoms with Gasteiger partial charge in [0.1, 0.15) is 23.9 Å². The van der Waals surface area contributed by atoms with Crippen LogP contribution in [-0.4, -0.2) is 32.8 Å². The number of hydrogen-bond donors (Lipinski definition) is 1. The van der Waals surface area contributed by atoms with Crippen molar-refractivity contribution in [2.75, 3.05) is 26.9 Å². The molecule has 0 aliphatic heterocycles. The molecule has 0 unspecified atom stereocenters. The van der Waals surface area contributed by atoms with E-state index in [1.165, 1.54) is 0 Å². The summed E-state index contributed by atoms with van der Waals surface area (Å²) in [5.41, 5.74) is 0.993. The molecule has 0 saturated carbocycles. The largest absolute Gasteiger partial charge is 0.497 e. The Balaban J connectivity index is 1.66. The highest BCUT2D eigenvalue weighted by molar-refractivity contribution is 6.31. The maximum absolute atomic E-state index is 11.7. The van der Waals surface area contributed by atoms with Gasteiger partial charge in [-0.25, -0.2) is 0 Å². The molecule has 0 aromatic heterocycles. The highest BCUT2D eigenvalue weighted by Crippen LogP contribution is 2.21. The number of rotatable bonds is 8. The summed E-state index contributed by atoms with van der Waals surface area (Å²) in [6, 6.07) is 12.6. The predicted molar refractivity (Wildman–Crippen MR) is 93.2 cm³/mol. The Hall–Kier alpha value is -2.40. The Bertz CT molecular complexity index is 690. The van der Waals surface area contributed by atoms with Gasteiger partial charge in [-0.05, 0) is 36.8 Å². The number of benzene rings is 2. The van der Waals surface area contributed by atoms with Crippen molar-refractivity contribution in [2.24, 2.45) is 0 Å². The monoisotopic (exact) mass is 349 g/mol. The van der Waals surface area contributed by atoms with Gasteiger partial charge in [0.05, 0.1) is 13.7 Å². The van der Waals surface area contributed by atoms with Gasteiger partial charge in [0.25, 0.3) is 5.91 Å². The number of carbonyl (C=O) groups excluding carboxylic acids is 1. The quantitative estimate of drug-likeness (QED) is 0.743. The highest BCUT2D eigenvalue weighted by atomic mass is 35.5. The van der Waals surface area contributed by atoms with Gasteiger partial charge in [0.15, 0.2) is 6.61 Å². The minimum atomic E-state index is -0.219. The summed E-state index contributed by atoms with van der Waals surface area (Å²) in [5, 5.41) is 3.38. The van der Waals surface area contributed by atoms with Gasteiger partial charge in [0.2, 0.25) is 0 Å². The number of nitrogens with one attached hydrogen (secondary N) is 1. The maximum atomic E-state index is 11.7. The molecule has 1 amide bonds. The van der Waals surface area contributed by atoms with Crippen LogP contribution in [0, 0.1) is 6.92 Å². The average Bonchev–Trinajstić information content (AvgIpc) is 2.60. The highest BCUT2D eigenvalue weighted by Gasteiger charge is 2.04. The summed E-state index contributed by atoms with van der Waals surface area (Å²) in [4.78, 5) is 11.7. The molecule has 6 heteroatoms. The van der Waals surface area contributed by atoms with Crippen LogP contribution in [0.3, 0.4) is 0 Å². The van der Waals surface area contributed by atoms with E-state index in [1.807, 2.05) is 25.1 Å². The summed E-state index contributed by atoms with van der Waals surface area (Å²) >= 11 is 6.02. The van der Waals surface area contributed by atoms with Gasteiger partial charge < -0.3 is 19.5 Å². The smallest absolute Gasteiger partial charge is 0.258 e. The summed E-state index contributed by atoms with van der Waals surface area (Å²) < 4.78 is 16.0. The molecule has 0 aliphatic rings. The van der Waals surface area contributed by atoms with E-state index in [0.717, 1.165) is 5.56 Å². The maximum Gasteiger partial charge on any atom is 0.258 e. The molecule has 2 aromatic carbocycles. The average molecular weight is 350 g/mol. The molecule has 128 valence electrons. The molecule has 0 spiro atoms. The van der Waals surface area contributed by atoms with Crippen LogP contribution in [0.4, 0.5) is 0 Å². The van der Waals surface area contributed by atoms with Gasteiger partial charge in [-0.1, -0.05) is 23.7 Å². The molecule has 0 fully saturated rings. The first-order chi connectivity index (χ1) is 11.6. The fraction of sp³-hybridized carbons (Fsp3) is 0.278. The number of hydrogen-bond acceptors (Lipinski definition) is 4. The topological polar surface area (TPSA) is 56.8 Å². The minimum absolute atomic E-state index is 0.0659. The van der Waals surface area contributed by atoms with Crippen molar-refractivity contribution in [2.45, 2.75) is 6.92 Å². The molecule has 0 aliphatic carbocycles. The third kappa shape index (κ3) is 5.66. The van der Waals surface area contributed by atoms with E-state index in [4.69, 9.17) is 25.8 Å². The van der Waals surface area contributed by atoms with Crippen molar-refractivity contribution in [3.05, 3.63) is 53.1 Å². The molecule has 0 heterocycles. The first kappa shape index (κ1) is 17.9. The standard InChI is InChI=1S/C18H20ClNO4/c1-13-6-7-16(11-17(13)19)23-9-8-20-18(21)12-24-15-5-3-4-14(10-15)22-2/h3-7,10-11H,8-9,12H2,1-2H3,(H,20,21). The Morgan fingerprint density at radius 3 is 2.58 bits per heavy atom. The predicted octanol–water partition coefficient (Wildman–Crippen LogP) is 3.23. The van der Waals surface area contributed by atoms with Crippen LogP contribution in [0.2, 0.25) is 5.02 Å². The molecule has 1 N–H and O–H groups in total. The van der Waals surface area contributed by atoms with E-state index in [9.17, 15) is 4.79 Å². The van der Waals surface area contributed by atoms with Crippen molar-refractivity contribution in [1.82, 2.24) is 5.32 Å². The lowest BCUT2D eigenvalue weighted by molar-refractivity contribution is -0.123. The lowest BCUT2D eigenvalue weighted by Crippen LogP contribution is -2.32.